The Bertz CT molecular complexity index is 1210. The minimum Gasteiger partial charge on any atom is -0.406 e. The fraction of sp³-hybridized carbons (Fsp3) is 0.238. The molecule has 33 heavy (non-hydrogen) atoms. The molecule has 0 fully saturated rings. The van der Waals surface area contributed by atoms with E-state index >= 15 is 0 Å². The Balaban J connectivity index is 1.79. The number of halogens is 3. The molecule has 0 saturated heterocycles. The van der Waals surface area contributed by atoms with Gasteiger partial charge in [-0.2, -0.15) is 4.31 Å². The number of amides is 1. The van der Waals surface area contributed by atoms with Crippen LogP contribution in [0.3, 0.4) is 0 Å². The summed E-state index contributed by atoms with van der Waals surface area (Å²) in [6.45, 7) is -0.581. The number of ether oxygens (including phenoxy) is 2. The summed E-state index contributed by atoms with van der Waals surface area (Å²) in [7, 11) is -2.69. The number of nitrogens with zero attached hydrogens (tertiary/aromatic N) is 2. The molecule has 0 unspecified atom stereocenters. The van der Waals surface area contributed by atoms with Crippen LogP contribution in [0, 0.1) is 0 Å². The van der Waals surface area contributed by atoms with Crippen LogP contribution in [0.1, 0.15) is 0 Å². The van der Waals surface area contributed by atoms with E-state index in [9.17, 15) is 26.4 Å². The van der Waals surface area contributed by atoms with Gasteiger partial charge in [-0.3, -0.25) is 9.78 Å². The number of nitrogens with one attached hydrogen (secondary N) is 1. The number of pyridine rings is 1. The molecule has 0 aliphatic heterocycles. The van der Waals surface area contributed by atoms with Crippen molar-refractivity contribution in [1.29, 1.82) is 0 Å². The van der Waals surface area contributed by atoms with Gasteiger partial charge in [-0.25, -0.2) is 8.42 Å². The summed E-state index contributed by atoms with van der Waals surface area (Å²) in [5.74, 6) is -1.13. The van der Waals surface area contributed by atoms with Gasteiger partial charge in [0.1, 0.15) is 5.75 Å². The molecule has 0 radical (unpaired) electrons. The lowest BCUT2D eigenvalue weighted by Gasteiger charge is -2.22. The average Bonchev–Trinajstić information content (AvgIpc) is 2.76. The second-order valence-corrected chi connectivity index (χ2v) is 8.71. The maximum atomic E-state index is 13.4. The van der Waals surface area contributed by atoms with E-state index in [1.54, 1.807) is 18.2 Å². The zero-order chi connectivity index (χ0) is 24.1. The number of hydrogen-bond donors (Lipinski definition) is 1. The number of alkyl halides is 3. The number of hydrogen-bond acceptors (Lipinski definition) is 6. The maximum Gasteiger partial charge on any atom is 0.573 e. The second-order valence-electron chi connectivity index (χ2n) is 6.80. The van der Waals surface area contributed by atoms with Crippen LogP contribution in [-0.4, -0.2) is 56.8 Å². The molecule has 1 heterocycles. The number of fused-ring (bicyclic) bond motifs is 1. The topological polar surface area (TPSA) is 97.8 Å². The minimum absolute atomic E-state index is 0.0138. The largest absolute Gasteiger partial charge is 0.573 e. The molecule has 3 aromatic rings. The third-order valence-electron chi connectivity index (χ3n) is 4.49. The van der Waals surface area contributed by atoms with Gasteiger partial charge in [0.15, 0.2) is 0 Å². The molecule has 12 heteroatoms. The van der Waals surface area contributed by atoms with Gasteiger partial charge in [-0.05, 0) is 36.4 Å². The van der Waals surface area contributed by atoms with Crippen molar-refractivity contribution in [3.63, 3.8) is 0 Å². The highest BCUT2D eigenvalue weighted by Gasteiger charge is 2.31. The van der Waals surface area contributed by atoms with Crippen LogP contribution in [0.15, 0.2) is 65.8 Å². The first-order valence-electron chi connectivity index (χ1n) is 9.57. The molecular weight excluding hydrogens is 463 g/mol. The summed E-state index contributed by atoms with van der Waals surface area (Å²) in [6.07, 6.45) is -1.83. The van der Waals surface area contributed by atoms with Gasteiger partial charge >= 0.3 is 6.36 Å². The standard InChI is InChI=1S/C21H20F3N3O5S/c1-31-12-11-27(33(29,30)19-4-2-3-15-13-25-10-9-18(15)19)14-20(28)26-16-5-7-17(8-6-16)32-21(22,23)24/h2-10,13H,11-12,14H2,1H3,(H,26,28). The molecule has 1 N–H and O–H groups in total. The fourth-order valence-corrected chi connectivity index (χ4v) is 4.63. The Morgan fingerprint density at radius 2 is 1.85 bits per heavy atom. The van der Waals surface area contributed by atoms with E-state index in [0.29, 0.717) is 10.8 Å². The zero-order valence-electron chi connectivity index (χ0n) is 17.4. The first-order chi connectivity index (χ1) is 15.6. The monoisotopic (exact) mass is 483 g/mol. The van der Waals surface area contributed by atoms with Crippen molar-refractivity contribution in [1.82, 2.24) is 9.29 Å². The number of aromatic nitrogens is 1. The lowest BCUT2D eigenvalue weighted by molar-refractivity contribution is -0.274. The van der Waals surface area contributed by atoms with Crippen LogP contribution >= 0.6 is 0 Å². The third-order valence-corrected chi connectivity index (χ3v) is 6.40. The number of carbonyl (C=O) groups is 1. The highest BCUT2D eigenvalue weighted by molar-refractivity contribution is 7.89. The molecular formula is C21H20F3N3O5S. The molecule has 8 nitrogen and oxygen atoms in total. The van der Waals surface area contributed by atoms with Gasteiger partial charge in [0.25, 0.3) is 0 Å². The lowest BCUT2D eigenvalue weighted by atomic mass is 10.2. The highest BCUT2D eigenvalue weighted by Crippen LogP contribution is 2.26. The summed E-state index contributed by atoms with van der Waals surface area (Å²) < 4.78 is 73.3. The van der Waals surface area contributed by atoms with Gasteiger partial charge in [-0.1, -0.05) is 12.1 Å². The molecule has 0 saturated carbocycles. The number of anilines is 1. The van der Waals surface area contributed by atoms with Crippen LogP contribution in [0.25, 0.3) is 10.8 Å². The first-order valence-corrected chi connectivity index (χ1v) is 11.0. The van der Waals surface area contributed by atoms with Gasteiger partial charge in [0.05, 0.1) is 18.0 Å². The number of methoxy groups -OCH3 is 1. The Hall–Kier alpha value is -3.22. The van der Waals surface area contributed by atoms with E-state index in [4.69, 9.17) is 4.74 Å². The summed E-state index contributed by atoms with van der Waals surface area (Å²) in [5, 5.41) is 3.54. The van der Waals surface area contributed by atoms with Crippen LogP contribution in [-0.2, 0) is 19.6 Å². The molecule has 0 spiro atoms. The van der Waals surface area contributed by atoms with Crippen molar-refractivity contribution in [2.75, 3.05) is 32.1 Å². The summed E-state index contributed by atoms with van der Waals surface area (Å²) in [6, 6.07) is 10.8. The molecule has 2 aromatic carbocycles. The van der Waals surface area contributed by atoms with E-state index in [1.165, 1.54) is 37.7 Å². The molecule has 1 amide bonds. The molecule has 0 bridgehead atoms. The second kappa shape index (κ2) is 10.1. The highest BCUT2D eigenvalue weighted by atomic mass is 32.2. The molecule has 176 valence electrons. The Labute approximate surface area is 188 Å². The number of sulfonamides is 1. The summed E-state index contributed by atoms with van der Waals surface area (Å²) in [5.41, 5.74) is 0.176. The minimum atomic E-state index is -4.83. The summed E-state index contributed by atoms with van der Waals surface area (Å²) >= 11 is 0. The molecule has 0 aliphatic carbocycles. The lowest BCUT2D eigenvalue weighted by Crippen LogP contribution is -2.40. The van der Waals surface area contributed by atoms with Gasteiger partial charge in [0.2, 0.25) is 15.9 Å². The third kappa shape index (κ3) is 6.40. The Morgan fingerprint density at radius 3 is 2.52 bits per heavy atom. The van der Waals surface area contributed by atoms with E-state index < -0.39 is 34.6 Å². The van der Waals surface area contributed by atoms with Crippen LogP contribution in [0.5, 0.6) is 5.75 Å². The summed E-state index contributed by atoms with van der Waals surface area (Å²) in [4.78, 5) is 16.6. The smallest absolute Gasteiger partial charge is 0.406 e. The SMILES string of the molecule is COCCN(CC(=O)Nc1ccc(OC(F)(F)F)cc1)S(=O)(=O)c1cccc2cnccc12. The predicted octanol–water partition coefficient (Wildman–Crippen LogP) is 3.41. The van der Waals surface area contributed by atoms with Crippen molar-refractivity contribution in [3.8, 4) is 5.75 Å². The van der Waals surface area contributed by atoms with E-state index in [0.717, 1.165) is 16.4 Å². The predicted molar refractivity (Wildman–Crippen MR) is 114 cm³/mol. The Morgan fingerprint density at radius 1 is 1.12 bits per heavy atom. The normalized spacial score (nSPS) is 12.2. The van der Waals surface area contributed by atoms with Crippen molar-refractivity contribution in [2.24, 2.45) is 0 Å². The van der Waals surface area contributed by atoms with Gasteiger partial charge in [-0.15, -0.1) is 13.2 Å². The van der Waals surface area contributed by atoms with E-state index in [-0.39, 0.29) is 23.7 Å². The number of carbonyl (C=O) groups excluding carboxylic acids is 1. The van der Waals surface area contributed by atoms with E-state index in [1.807, 2.05) is 0 Å². The fourth-order valence-electron chi connectivity index (χ4n) is 3.03. The van der Waals surface area contributed by atoms with Crippen molar-refractivity contribution in [2.45, 2.75) is 11.3 Å². The van der Waals surface area contributed by atoms with Crippen molar-refractivity contribution < 1.29 is 35.9 Å². The van der Waals surface area contributed by atoms with Crippen LogP contribution in [0.4, 0.5) is 18.9 Å². The zero-order valence-corrected chi connectivity index (χ0v) is 18.2. The van der Waals surface area contributed by atoms with E-state index in [2.05, 4.69) is 15.0 Å². The van der Waals surface area contributed by atoms with Crippen LogP contribution < -0.4 is 10.1 Å². The Kier molecular flexibility index (Phi) is 7.51. The average molecular weight is 483 g/mol. The molecule has 3 rings (SSSR count). The first kappa shape index (κ1) is 24.4. The molecule has 0 aliphatic rings. The van der Waals surface area contributed by atoms with Crippen LogP contribution in [0.2, 0.25) is 0 Å². The van der Waals surface area contributed by atoms with Gasteiger partial charge in [0, 0.05) is 42.5 Å². The number of rotatable bonds is 9. The van der Waals surface area contributed by atoms with Crippen molar-refractivity contribution in [3.05, 3.63) is 60.9 Å². The maximum absolute atomic E-state index is 13.4. The quantitative estimate of drug-likeness (QED) is 0.501. The van der Waals surface area contributed by atoms with Crippen molar-refractivity contribution >= 4 is 32.4 Å². The molecule has 1 aromatic heterocycles. The van der Waals surface area contributed by atoms with Gasteiger partial charge < -0.3 is 14.8 Å². The molecule has 0 atom stereocenters. The number of benzene rings is 2.